The highest BCUT2D eigenvalue weighted by atomic mass is 16.7. The van der Waals surface area contributed by atoms with Gasteiger partial charge < -0.3 is 23.7 Å². The molecule has 1 aromatic rings. The van der Waals surface area contributed by atoms with Crippen LogP contribution in [0, 0.1) is 0 Å². The summed E-state index contributed by atoms with van der Waals surface area (Å²) in [5.41, 5.74) is 0.170. The van der Waals surface area contributed by atoms with Gasteiger partial charge in [-0.1, -0.05) is 12.1 Å². The van der Waals surface area contributed by atoms with E-state index in [9.17, 15) is 28.8 Å². The molecule has 182 valence electrons. The van der Waals surface area contributed by atoms with E-state index in [2.05, 4.69) is 0 Å². The first kappa shape index (κ1) is 24.8. The number of imide groups is 1. The third-order valence-electron chi connectivity index (χ3n) is 5.08. The molecule has 12 nitrogen and oxygen atoms in total. The minimum Gasteiger partial charge on any atom is -0.463 e. The minimum atomic E-state index is -1.63. The zero-order valence-corrected chi connectivity index (χ0v) is 18.8. The Labute approximate surface area is 194 Å². The number of nitrogens with zero attached hydrogens (tertiary/aromatic N) is 1. The van der Waals surface area contributed by atoms with Gasteiger partial charge in [0.1, 0.15) is 18.8 Å². The van der Waals surface area contributed by atoms with Crippen LogP contribution in [0.3, 0.4) is 0 Å². The van der Waals surface area contributed by atoms with Crippen LogP contribution in [0.2, 0.25) is 0 Å². The normalized spacial score (nSPS) is 25.9. The number of fused-ring (bicyclic) bond motifs is 1. The average molecular weight is 477 g/mol. The molecule has 0 saturated carbocycles. The molecule has 2 heterocycles. The summed E-state index contributed by atoms with van der Waals surface area (Å²) in [6.07, 6.45) is -5.81. The van der Waals surface area contributed by atoms with E-state index in [0.29, 0.717) is 0 Å². The van der Waals surface area contributed by atoms with Crippen LogP contribution >= 0.6 is 0 Å². The Morgan fingerprint density at radius 3 is 1.76 bits per heavy atom. The van der Waals surface area contributed by atoms with E-state index in [1.54, 1.807) is 12.1 Å². The SMILES string of the molecule is CC(=O)OC[C@H]1O[C@H](OC(C)=O)[C@@H](N2C(=O)c3ccccc3C2=O)[C@@H](OC(C)=O)[C@H]1OC(C)=O. The molecule has 2 aliphatic rings. The quantitative estimate of drug-likeness (QED) is 0.317. The van der Waals surface area contributed by atoms with Crippen molar-refractivity contribution in [3.8, 4) is 0 Å². The lowest BCUT2D eigenvalue weighted by molar-refractivity contribution is -0.278. The molecule has 1 fully saturated rings. The van der Waals surface area contributed by atoms with E-state index < -0.39 is 72.9 Å². The Morgan fingerprint density at radius 1 is 0.794 bits per heavy atom. The maximum Gasteiger partial charge on any atom is 0.305 e. The van der Waals surface area contributed by atoms with Crippen LogP contribution in [-0.4, -0.2) is 77.8 Å². The van der Waals surface area contributed by atoms with Gasteiger partial charge in [0.05, 0.1) is 11.1 Å². The van der Waals surface area contributed by atoms with Gasteiger partial charge in [-0.2, -0.15) is 0 Å². The molecule has 0 unspecified atom stereocenters. The van der Waals surface area contributed by atoms with Crippen LogP contribution in [-0.2, 0) is 42.9 Å². The molecule has 0 bridgehead atoms. The van der Waals surface area contributed by atoms with Crippen LogP contribution in [0.15, 0.2) is 24.3 Å². The van der Waals surface area contributed by atoms with E-state index in [1.165, 1.54) is 12.1 Å². The molecular formula is C22H23NO11. The number of carbonyl (C=O) groups excluding carboxylic acids is 6. The molecule has 0 radical (unpaired) electrons. The zero-order valence-electron chi connectivity index (χ0n) is 18.8. The molecule has 34 heavy (non-hydrogen) atoms. The number of amides is 2. The monoisotopic (exact) mass is 477 g/mol. The van der Waals surface area contributed by atoms with E-state index in [4.69, 9.17) is 23.7 Å². The summed E-state index contributed by atoms with van der Waals surface area (Å²) in [6.45, 7) is 3.91. The van der Waals surface area contributed by atoms with Crippen LogP contribution < -0.4 is 0 Å². The fraction of sp³-hybridized carbons (Fsp3) is 0.455. The summed E-state index contributed by atoms with van der Waals surface area (Å²) in [5.74, 6) is -4.64. The van der Waals surface area contributed by atoms with Gasteiger partial charge in [0.2, 0.25) is 6.29 Å². The average Bonchev–Trinajstić information content (AvgIpc) is 2.98. The Balaban J connectivity index is 2.11. The fourth-order valence-electron chi connectivity index (χ4n) is 3.90. The molecule has 1 aromatic carbocycles. The van der Waals surface area contributed by atoms with Gasteiger partial charge in [-0.25, -0.2) is 0 Å². The van der Waals surface area contributed by atoms with E-state index in [-0.39, 0.29) is 11.1 Å². The number of carbonyl (C=O) groups is 6. The van der Waals surface area contributed by atoms with Crippen molar-refractivity contribution in [2.75, 3.05) is 6.61 Å². The second-order valence-electron chi connectivity index (χ2n) is 7.62. The van der Waals surface area contributed by atoms with Crippen LogP contribution in [0.4, 0.5) is 0 Å². The summed E-state index contributed by atoms with van der Waals surface area (Å²) < 4.78 is 26.7. The van der Waals surface area contributed by atoms with Crippen molar-refractivity contribution < 1.29 is 52.5 Å². The van der Waals surface area contributed by atoms with Crippen molar-refractivity contribution in [3.63, 3.8) is 0 Å². The predicted octanol–water partition coefficient (Wildman–Crippen LogP) is 0.366. The minimum absolute atomic E-state index is 0.0849. The van der Waals surface area contributed by atoms with Gasteiger partial charge in [-0.3, -0.25) is 33.7 Å². The van der Waals surface area contributed by atoms with Gasteiger partial charge in [-0.15, -0.1) is 0 Å². The molecule has 0 aromatic heterocycles. The number of ether oxygens (including phenoxy) is 5. The van der Waals surface area contributed by atoms with E-state index in [1.807, 2.05) is 0 Å². The molecule has 12 heteroatoms. The molecule has 5 atom stereocenters. The van der Waals surface area contributed by atoms with E-state index in [0.717, 1.165) is 32.6 Å². The lowest BCUT2D eigenvalue weighted by atomic mass is 9.94. The fourth-order valence-corrected chi connectivity index (χ4v) is 3.90. The van der Waals surface area contributed by atoms with Gasteiger partial charge in [-0.05, 0) is 12.1 Å². The molecule has 0 spiro atoms. The lowest BCUT2D eigenvalue weighted by Crippen LogP contribution is -2.67. The second-order valence-corrected chi connectivity index (χ2v) is 7.62. The van der Waals surface area contributed by atoms with Crippen LogP contribution in [0.5, 0.6) is 0 Å². The maximum atomic E-state index is 13.2. The summed E-state index contributed by atoms with van der Waals surface area (Å²) in [4.78, 5) is 74.2. The highest BCUT2D eigenvalue weighted by Gasteiger charge is 2.58. The molecule has 1 saturated heterocycles. The van der Waals surface area contributed by atoms with Crippen molar-refractivity contribution in [1.29, 1.82) is 0 Å². The molecule has 3 rings (SSSR count). The van der Waals surface area contributed by atoms with Gasteiger partial charge in [0.25, 0.3) is 11.8 Å². The maximum absolute atomic E-state index is 13.2. The van der Waals surface area contributed by atoms with Crippen molar-refractivity contribution in [1.82, 2.24) is 4.90 Å². The lowest BCUT2D eigenvalue weighted by Gasteiger charge is -2.46. The summed E-state index contributed by atoms with van der Waals surface area (Å²) >= 11 is 0. The van der Waals surface area contributed by atoms with Crippen LogP contribution in [0.25, 0.3) is 0 Å². The topological polar surface area (TPSA) is 152 Å². The van der Waals surface area contributed by atoms with E-state index >= 15 is 0 Å². The number of hydrogen-bond acceptors (Lipinski definition) is 11. The van der Waals surface area contributed by atoms with Crippen molar-refractivity contribution in [2.24, 2.45) is 0 Å². The highest BCUT2D eigenvalue weighted by Crippen LogP contribution is 2.35. The first-order chi connectivity index (χ1) is 16.0. The van der Waals surface area contributed by atoms with Gasteiger partial charge >= 0.3 is 23.9 Å². The Kier molecular flexibility index (Phi) is 7.30. The number of rotatable bonds is 6. The Morgan fingerprint density at radius 2 is 1.29 bits per heavy atom. The van der Waals surface area contributed by atoms with Crippen molar-refractivity contribution in [2.45, 2.75) is 58.3 Å². The van der Waals surface area contributed by atoms with Crippen LogP contribution in [0.1, 0.15) is 48.4 Å². The third-order valence-corrected chi connectivity index (χ3v) is 5.08. The molecule has 0 N–H and O–H groups in total. The van der Waals surface area contributed by atoms with Crippen molar-refractivity contribution in [3.05, 3.63) is 35.4 Å². The molecule has 2 amide bonds. The number of benzene rings is 1. The third kappa shape index (κ3) is 5.06. The Bertz CT molecular complexity index is 1000. The first-order valence-corrected chi connectivity index (χ1v) is 10.3. The standard InChI is InChI=1S/C22H23NO11/c1-10(24)30-9-16-18(31-11(2)25)19(32-12(3)26)17(22(34-16)33-13(4)27)23-20(28)14-7-5-6-8-15(14)21(23)29/h5-8,16-19,22H,9H2,1-4H3/t16-,17+,18+,19-,22+/m1/s1. The smallest absolute Gasteiger partial charge is 0.305 e. The summed E-state index contributed by atoms with van der Waals surface area (Å²) in [7, 11) is 0. The summed E-state index contributed by atoms with van der Waals surface area (Å²) in [6, 6.07) is 4.49. The number of esters is 4. The first-order valence-electron chi connectivity index (χ1n) is 10.3. The summed E-state index contributed by atoms with van der Waals surface area (Å²) in [5, 5.41) is 0. The highest BCUT2D eigenvalue weighted by molar-refractivity contribution is 6.21. The van der Waals surface area contributed by atoms with Crippen molar-refractivity contribution >= 4 is 35.7 Å². The molecular weight excluding hydrogens is 454 g/mol. The largest absolute Gasteiger partial charge is 0.463 e. The zero-order chi connectivity index (χ0) is 25.2. The number of hydrogen-bond donors (Lipinski definition) is 0. The Hall–Kier alpha value is -3.80. The molecule has 0 aliphatic carbocycles. The van der Waals surface area contributed by atoms with Gasteiger partial charge in [0.15, 0.2) is 12.2 Å². The molecule has 2 aliphatic heterocycles. The predicted molar refractivity (Wildman–Crippen MR) is 109 cm³/mol. The second kappa shape index (κ2) is 10.00. The van der Waals surface area contributed by atoms with Gasteiger partial charge in [0, 0.05) is 27.7 Å².